The van der Waals surface area contributed by atoms with Crippen molar-refractivity contribution in [1.82, 2.24) is 4.90 Å². The third-order valence-electron chi connectivity index (χ3n) is 6.42. The minimum atomic E-state index is -0.147. The van der Waals surface area contributed by atoms with Crippen molar-refractivity contribution in [2.45, 2.75) is 19.3 Å². The van der Waals surface area contributed by atoms with Crippen LogP contribution in [0.5, 0.6) is 0 Å². The molecule has 1 saturated heterocycles. The van der Waals surface area contributed by atoms with E-state index in [1.807, 2.05) is 23.1 Å². The van der Waals surface area contributed by atoms with Gasteiger partial charge in [-0.2, -0.15) is 0 Å². The first-order valence-electron chi connectivity index (χ1n) is 10.5. The number of nitrogens with one attached hydrogen (secondary N) is 1. The third-order valence-corrected chi connectivity index (χ3v) is 7.05. The zero-order chi connectivity index (χ0) is 20.8. The summed E-state index contributed by atoms with van der Waals surface area (Å²) in [6.07, 6.45) is 2.20. The number of carbonyl (C=O) groups is 2. The molecule has 0 spiro atoms. The fourth-order valence-corrected chi connectivity index (χ4v) is 5.24. The molecule has 0 radical (unpaired) electrons. The molecule has 30 heavy (non-hydrogen) atoms. The summed E-state index contributed by atoms with van der Waals surface area (Å²) in [6.45, 7) is 4.67. The number of benzene rings is 2. The molecule has 0 bridgehead atoms. The summed E-state index contributed by atoms with van der Waals surface area (Å²) in [6, 6.07) is 9.82. The first kappa shape index (κ1) is 19.6. The number of hydrogen-bond acceptors (Lipinski definition) is 4. The van der Waals surface area contributed by atoms with Crippen LogP contribution in [-0.4, -0.2) is 56.5 Å². The van der Waals surface area contributed by atoms with Crippen LogP contribution >= 0.6 is 15.9 Å². The molecule has 7 heteroatoms. The van der Waals surface area contributed by atoms with Gasteiger partial charge < -0.3 is 15.1 Å². The maximum absolute atomic E-state index is 13.1. The summed E-state index contributed by atoms with van der Waals surface area (Å²) in [7, 11) is 2.15. The SMILES string of the molecule is CN1CCN(c2cc3c(cc2Br)CCN3C(=O)Nc2ccc3c(c2)C(=O)CC3)CC1. The Morgan fingerprint density at radius 3 is 2.53 bits per heavy atom. The molecule has 2 aliphatic heterocycles. The molecule has 0 aromatic heterocycles. The van der Waals surface area contributed by atoms with Crippen molar-refractivity contribution in [3.63, 3.8) is 0 Å². The molecule has 5 rings (SSSR count). The van der Waals surface area contributed by atoms with Crippen molar-refractivity contribution in [3.8, 4) is 0 Å². The van der Waals surface area contributed by atoms with E-state index in [0.29, 0.717) is 18.7 Å². The monoisotopic (exact) mass is 468 g/mol. The normalized spacial score (nSPS) is 18.5. The van der Waals surface area contributed by atoms with E-state index in [2.05, 4.69) is 50.2 Å². The lowest BCUT2D eigenvalue weighted by molar-refractivity contribution is 0.0994. The first-order chi connectivity index (χ1) is 14.5. The van der Waals surface area contributed by atoms with E-state index >= 15 is 0 Å². The van der Waals surface area contributed by atoms with Crippen molar-refractivity contribution < 1.29 is 9.59 Å². The number of aryl methyl sites for hydroxylation is 1. The van der Waals surface area contributed by atoms with E-state index < -0.39 is 0 Å². The second-order valence-electron chi connectivity index (χ2n) is 8.35. The van der Waals surface area contributed by atoms with Crippen molar-refractivity contribution >= 4 is 44.8 Å². The number of carbonyl (C=O) groups excluding carboxylic acids is 2. The summed E-state index contributed by atoms with van der Waals surface area (Å²) in [4.78, 5) is 31.6. The van der Waals surface area contributed by atoms with Crippen LogP contribution in [-0.2, 0) is 12.8 Å². The standard InChI is InChI=1S/C23H25BrN4O2/c1-26-8-10-27(11-9-26)21-14-20-16(12-19(21)24)6-7-28(20)23(30)25-17-4-2-15-3-5-22(29)18(15)13-17/h2,4,12-14H,3,5-11H2,1H3,(H,25,30). The molecule has 0 unspecified atom stereocenters. The molecule has 2 aromatic carbocycles. The van der Waals surface area contributed by atoms with Crippen LogP contribution in [0.2, 0.25) is 0 Å². The Labute approximate surface area is 185 Å². The summed E-state index contributed by atoms with van der Waals surface area (Å²) in [5, 5.41) is 3.00. The highest BCUT2D eigenvalue weighted by atomic mass is 79.9. The van der Waals surface area contributed by atoms with Gasteiger partial charge in [-0.05, 0) is 71.2 Å². The Hall–Kier alpha value is -2.38. The van der Waals surface area contributed by atoms with Gasteiger partial charge in [0.15, 0.2) is 5.78 Å². The van der Waals surface area contributed by atoms with Gasteiger partial charge in [0.1, 0.15) is 0 Å². The minimum absolute atomic E-state index is 0.147. The number of fused-ring (bicyclic) bond motifs is 2. The molecule has 1 fully saturated rings. The average Bonchev–Trinajstić information content (AvgIpc) is 3.31. The quantitative estimate of drug-likeness (QED) is 0.725. The molecule has 2 amide bonds. The molecule has 0 saturated carbocycles. The highest BCUT2D eigenvalue weighted by Crippen LogP contribution is 2.38. The van der Waals surface area contributed by atoms with Gasteiger partial charge in [-0.25, -0.2) is 4.79 Å². The van der Waals surface area contributed by atoms with Crippen LogP contribution in [0.15, 0.2) is 34.8 Å². The summed E-state index contributed by atoms with van der Waals surface area (Å²) >= 11 is 3.74. The lowest BCUT2D eigenvalue weighted by Crippen LogP contribution is -2.44. The number of Topliss-reactive ketones (excluding diaryl/α,β-unsaturated/α-hetero) is 1. The molecule has 2 heterocycles. The number of piperazine rings is 1. The third kappa shape index (κ3) is 3.50. The number of urea groups is 1. The number of halogens is 1. The zero-order valence-corrected chi connectivity index (χ0v) is 18.7. The van der Waals surface area contributed by atoms with Gasteiger partial charge in [-0.3, -0.25) is 9.69 Å². The van der Waals surface area contributed by atoms with Gasteiger partial charge in [0.2, 0.25) is 0 Å². The molecule has 1 N–H and O–H groups in total. The highest BCUT2D eigenvalue weighted by molar-refractivity contribution is 9.10. The van der Waals surface area contributed by atoms with Crippen LogP contribution in [0.1, 0.15) is 27.9 Å². The molecular formula is C23H25BrN4O2. The number of rotatable bonds is 2. The number of likely N-dealkylation sites (N-methyl/N-ethyl adjacent to an activating group) is 1. The fourth-order valence-electron chi connectivity index (χ4n) is 4.60. The molecule has 0 atom stereocenters. The average molecular weight is 469 g/mol. The maximum atomic E-state index is 13.1. The maximum Gasteiger partial charge on any atom is 0.326 e. The van der Waals surface area contributed by atoms with E-state index in [-0.39, 0.29) is 11.8 Å². The van der Waals surface area contributed by atoms with Gasteiger partial charge in [0, 0.05) is 54.9 Å². The van der Waals surface area contributed by atoms with Gasteiger partial charge in [0.05, 0.1) is 11.4 Å². The predicted molar refractivity (Wildman–Crippen MR) is 123 cm³/mol. The number of hydrogen-bond donors (Lipinski definition) is 1. The molecule has 6 nitrogen and oxygen atoms in total. The molecule has 156 valence electrons. The van der Waals surface area contributed by atoms with Gasteiger partial charge in [-0.1, -0.05) is 6.07 Å². The first-order valence-corrected chi connectivity index (χ1v) is 11.3. The van der Waals surface area contributed by atoms with E-state index in [1.165, 1.54) is 5.56 Å². The van der Waals surface area contributed by atoms with Crippen LogP contribution in [0.25, 0.3) is 0 Å². The van der Waals surface area contributed by atoms with Crippen LogP contribution in [0, 0.1) is 0 Å². The Morgan fingerprint density at radius 1 is 0.933 bits per heavy atom. The van der Waals surface area contributed by atoms with Gasteiger partial charge in [-0.15, -0.1) is 0 Å². The smallest absolute Gasteiger partial charge is 0.326 e. The van der Waals surface area contributed by atoms with Crippen molar-refractivity contribution in [2.24, 2.45) is 0 Å². The number of ketones is 1. The molecular weight excluding hydrogens is 444 g/mol. The Kier molecular flexibility index (Phi) is 5.03. The molecule has 1 aliphatic carbocycles. The largest absolute Gasteiger partial charge is 0.368 e. The number of nitrogens with zero attached hydrogens (tertiary/aromatic N) is 3. The van der Waals surface area contributed by atoms with Gasteiger partial charge in [0.25, 0.3) is 0 Å². The zero-order valence-electron chi connectivity index (χ0n) is 17.1. The Morgan fingerprint density at radius 2 is 1.73 bits per heavy atom. The van der Waals surface area contributed by atoms with Crippen LogP contribution < -0.4 is 15.1 Å². The van der Waals surface area contributed by atoms with Crippen molar-refractivity contribution in [1.29, 1.82) is 0 Å². The second kappa shape index (κ2) is 7.71. The van der Waals surface area contributed by atoms with E-state index in [0.717, 1.165) is 66.0 Å². The lowest BCUT2D eigenvalue weighted by atomic mass is 10.1. The minimum Gasteiger partial charge on any atom is -0.368 e. The lowest BCUT2D eigenvalue weighted by Gasteiger charge is -2.35. The Balaban J connectivity index is 1.37. The summed E-state index contributed by atoms with van der Waals surface area (Å²) in [5.41, 5.74) is 5.80. The topological polar surface area (TPSA) is 55.9 Å². The number of anilines is 3. The number of amides is 2. The van der Waals surface area contributed by atoms with E-state index in [1.54, 1.807) is 0 Å². The summed E-state index contributed by atoms with van der Waals surface area (Å²) < 4.78 is 1.09. The van der Waals surface area contributed by atoms with Gasteiger partial charge >= 0.3 is 6.03 Å². The van der Waals surface area contributed by atoms with Crippen LogP contribution in [0.3, 0.4) is 0 Å². The second-order valence-corrected chi connectivity index (χ2v) is 9.20. The van der Waals surface area contributed by atoms with E-state index in [4.69, 9.17) is 0 Å². The summed E-state index contributed by atoms with van der Waals surface area (Å²) in [5.74, 6) is 0.161. The van der Waals surface area contributed by atoms with E-state index in [9.17, 15) is 9.59 Å². The van der Waals surface area contributed by atoms with Crippen LogP contribution in [0.4, 0.5) is 21.9 Å². The fraction of sp³-hybridized carbons (Fsp3) is 0.391. The predicted octanol–water partition coefficient (Wildman–Crippen LogP) is 3.92. The highest BCUT2D eigenvalue weighted by Gasteiger charge is 2.28. The Bertz CT molecular complexity index is 1030. The van der Waals surface area contributed by atoms with Crippen molar-refractivity contribution in [2.75, 3.05) is 54.9 Å². The van der Waals surface area contributed by atoms with Crippen molar-refractivity contribution in [3.05, 3.63) is 51.5 Å². The molecule has 3 aliphatic rings. The molecule has 2 aromatic rings.